The smallest absolute Gasteiger partial charge is 0.261 e. The van der Waals surface area contributed by atoms with Crippen LogP contribution in [0.2, 0.25) is 0 Å². The van der Waals surface area contributed by atoms with Crippen LogP contribution in [-0.4, -0.2) is 40.3 Å². The van der Waals surface area contributed by atoms with E-state index in [1.165, 1.54) is 4.90 Å². The third-order valence-electron chi connectivity index (χ3n) is 5.46. The molecular weight excluding hydrogens is 428 g/mol. The van der Waals surface area contributed by atoms with Crippen molar-refractivity contribution in [2.45, 2.75) is 20.3 Å². The lowest BCUT2D eigenvalue weighted by atomic mass is 10.1. The number of ether oxygens (including phenoxy) is 1. The van der Waals surface area contributed by atoms with Gasteiger partial charge in [-0.2, -0.15) is 0 Å². The van der Waals surface area contributed by atoms with Crippen LogP contribution in [0.3, 0.4) is 0 Å². The molecule has 1 N–H and O–H groups in total. The summed E-state index contributed by atoms with van der Waals surface area (Å²) in [6.07, 6.45) is 2.11. The van der Waals surface area contributed by atoms with Crippen molar-refractivity contribution in [1.29, 1.82) is 0 Å². The van der Waals surface area contributed by atoms with Crippen molar-refractivity contribution in [2.24, 2.45) is 0 Å². The number of pyridine rings is 2. The molecule has 2 amide bonds. The maximum absolute atomic E-state index is 12.7. The Morgan fingerprint density at radius 2 is 1.56 bits per heavy atom. The third kappa shape index (κ3) is 4.32. The van der Waals surface area contributed by atoms with Gasteiger partial charge in [0.1, 0.15) is 5.82 Å². The van der Waals surface area contributed by atoms with E-state index in [4.69, 9.17) is 9.72 Å². The van der Waals surface area contributed by atoms with Gasteiger partial charge in [0.2, 0.25) is 5.88 Å². The van der Waals surface area contributed by atoms with Crippen molar-refractivity contribution in [3.8, 4) is 5.88 Å². The summed E-state index contributed by atoms with van der Waals surface area (Å²) < 4.78 is 5.46. The highest BCUT2D eigenvalue weighted by molar-refractivity contribution is 6.21. The summed E-state index contributed by atoms with van der Waals surface area (Å²) in [5, 5.41) is 5.02. The highest BCUT2D eigenvalue weighted by Gasteiger charge is 2.34. The van der Waals surface area contributed by atoms with Gasteiger partial charge in [-0.05, 0) is 41.8 Å². The topological polar surface area (TPSA) is 84.4 Å². The minimum Gasteiger partial charge on any atom is -0.480 e. The van der Waals surface area contributed by atoms with Crippen LogP contribution in [0.15, 0.2) is 72.9 Å². The zero-order valence-corrected chi connectivity index (χ0v) is 19.4. The van der Waals surface area contributed by atoms with E-state index in [1.54, 1.807) is 37.6 Å². The van der Waals surface area contributed by atoms with Gasteiger partial charge in [-0.25, -0.2) is 9.97 Å². The number of amides is 2. The summed E-state index contributed by atoms with van der Waals surface area (Å²) in [6, 6.07) is 20.4. The fourth-order valence-electron chi connectivity index (χ4n) is 3.93. The van der Waals surface area contributed by atoms with Gasteiger partial charge >= 0.3 is 0 Å². The maximum atomic E-state index is 12.7. The number of hydrogen-bond donors (Lipinski definition) is 1. The molecule has 34 heavy (non-hydrogen) atoms. The molecule has 0 saturated heterocycles. The molecule has 0 spiro atoms. The number of rotatable bonds is 6. The standard InChI is InChI=1S/C25H20N4O3.C2H6/c1-32-23-21-16(11-13-26-23)15-18(28-22(21)27-17-7-3-2-4-8-17)12-14-29-24(30)19-9-5-6-10-20(19)25(29)31;1-2/h2-11,13,15H,12,14H2,1H3,(H,27,28);1-2H3. The second-order valence-corrected chi connectivity index (χ2v) is 7.43. The van der Waals surface area contributed by atoms with Crippen LogP contribution in [0.5, 0.6) is 5.88 Å². The van der Waals surface area contributed by atoms with Crippen LogP contribution in [0.25, 0.3) is 10.8 Å². The van der Waals surface area contributed by atoms with Gasteiger partial charge in [0, 0.05) is 30.5 Å². The van der Waals surface area contributed by atoms with Crippen molar-refractivity contribution in [1.82, 2.24) is 14.9 Å². The molecule has 7 heteroatoms. The molecule has 4 aromatic rings. The monoisotopic (exact) mass is 454 g/mol. The van der Waals surface area contributed by atoms with Crippen molar-refractivity contribution >= 4 is 34.1 Å². The second-order valence-electron chi connectivity index (χ2n) is 7.43. The molecular formula is C27H26N4O3. The molecule has 0 atom stereocenters. The molecule has 7 nitrogen and oxygen atoms in total. The summed E-state index contributed by atoms with van der Waals surface area (Å²) in [7, 11) is 1.57. The van der Waals surface area contributed by atoms with E-state index in [0.29, 0.717) is 29.2 Å². The highest BCUT2D eigenvalue weighted by Crippen LogP contribution is 2.32. The second kappa shape index (κ2) is 10.1. The zero-order chi connectivity index (χ0) is 24.1. The normalized spacial score (nSPS) is 12.3. The Labute approximate surface area is 198 Å². The number of carbonyl (C=O) groups is 2. The lowest BCUT2D eigenvalue weighted by Gasteiger charge is -2.16. The van der Waals surface area contributed by atoms with E-state index in [-0.39, 0.29) is 18.4 Å². The first-order valence-electron chi connectivity index (χ1n) is 11.3. The van der Waals surface area contributed by atoms with E-state index in [1.807, 2.05) is 56.3 Å². The van der Waals surface area contributed by atoms with E-state index in [0.717, 1.165) is 22.2 Å². The molecule has 0 aliphatic carbocycles. The zero-order valence-electron chi connectivity index (χ0n) is 19.4. The fourth-order valence-corrected chi connectivity index (χ4v) is 3.93. The van der Waals surface area contributed by atoms with Crippen molar-refractivity contribution in [3.63, 3.8) is 0 Å². The Morgan fingerprint density at radius 1 is 0.912 bits per heavy atom. The molecule has 172 valence electrons. The molecule has 0 fully saturated rings. The van der Waals surface area contributed by atoms with Gasteiger partial charge < -0.3 is 10.1 Å². The van der Waals surface area contributed by atoms with E-state index in [2.05, 4.69) is 10.3 Å². The molecule has 1 aliphatic heterocycles. The average molecular weight is 455 g/mol. The number of hydrogen-bond acceptors (Lipinski definition) is 6. The number of nitrogens with one attached hydrogen (secondary N) is 1. The number of carbonyl (C=O) groups excluding carboxylic acids is 2. The SMILES string of the molecule is CC.COc1nccc2cc(CCN3C(=O)c4ccccc4C3=O)nc(Nc3ccccc3)c12. The van der Waals surface area contributed by atoms with Gasteiger partial charge in [-0.3, -0.25) is 14.5 Å². The van der Waals surface area contributed by atoms with Crippen LogP contribution < -0.4 is 10.1 Å². The fraction of sp³-hybridized carbons (Fsp3) is 0.185. The number of methoxy groups -OCH3 is 1. The number of benzene rings is 2. The Kier molecular flexibility index (Phi) is 6.82. The van der Waals surface area contributed by atoms with Crippen molar-refractivity contribution < 1.29 is 14.3 Å². The van der Waals surface area contributed by atoms with Crippen LogP contribution in [0.1, 0.15) is 40.3 Å². The lowest BCUT2D eigenvalue weighted by Crippen LogP contribution is -2.31. The molecule has 0 saturated carbocycles. The molecule has 1 aliphatic rings. The predicted octanol–water partition coefficient (Wildman–Crippen LogP) is 5.25. The van der Waals surface area contributed by atoms with E-state index < -0.39 is 0 Å². The molecule has 5 rings (SSSR count). The largest absolute Gasteiger partial charge is 0.480 e. The van der Waals surface area contributed by atoms with Crippen LogP contribution in [0.4, 0.5) is 11.5 Å². The number of nitrogens with zero attached hydrogens (tertiary/aromatic N) is 3. The number of para-hydroxylation sites is 1. The minimum atomic E-state index is -0.264. The molecule has 0 unspecified atom stereocenters. The third-order valence-corrected chi connectivity index (χ3v) is 5.46. The van der Waals surface area contributed by atoms with Crippen LogP contribution >= 0.6 is 0 Å². The van der Waals surface area contributed by atoms with Crippen LogP contribution in [-0.2, 0) is 6.42 Å². The van der Waals surface area contributed by atoms with Gasteiger partial charge in [-0.1, -0.05) is 44.2 Å². The molecule has 0 radical (unpaired) electrons. The first-order chi connectivity index (χ1) is 16.7. The summed E-state index contributed by atoms with van der Waals surface area (Å²) in [6.45, 7) is 4.25. The Hall–Kier alpha value is -4.26. The summed E-state index contributed by atoms with van der Waals surface area (Å²) in [4.78, 5) is 35.7. The maximum Gasteiger partial charge on any atom is 0.261 e. The van der Waals surface area contributed by atoms with E-state index >= 15 is 0 Å². The summed E-state index contributed by atoms with van der Waals surface area (Å²) in [5.74, 6) is 0.552. The number of anilines is 2. The van der Waals surface area contributed by atoms with Gasteiger partial charge in [0.25, 0.3) is 11.8 Å². The van der Waals surface area contributed by atoms with Crippen molar-refractivity contribution in [3.05, 3.63) is 89.7 Å². The highest BCUT2D eigenvalue weighted by atomic mass is 16.5. The Balaban J connectivity index is 0.00000133. The average Bonchev–Trinajstić information content (AvgIpc) is 3.13. The molecule has 3 heterocycles. The molecule has 2 aromatic carbocycles. The molecule has 2 aromatic heterocycles. The Bertz CT molecular complexity index is 1300. The van der Waals surface area contributed by atoms with Crippen molar-refractivity contribution in [2.75, 3.05) is 19.0 Å². The van der Waals surface area contributed by atoms with Gasteiger partial charge in [0.15, 0.2) is 0 Å². The lowest BCUT2D eigenvalue weighted by molar-refractivity contribution is 0.0656. The van der Waals surface area contributed by atoms with Gasteiger partial charge in [0.05, 0.1) is 23.6 Å². The first kappa shape index (κ1) is 22.9. The summed E-state index contributed by atoms with van der Waals surface area (Å²) in [5.41, 5.74) is 2.53. The minimum absolute atomic E-state index is 0.248. The van der Waals surface area contributed by atoms with Crippen LogP contribution in [0, 0.1) is 0 Å². The Morgan fingerprint density at radius 3 is 2.21 bits per heavy atom. The van der Waals surface area contributed by atoms with Gasteiger partial charge in [-0.15, -0.1) is 0 Å². The van der Waals surface area contributed by atoms with E-state index in [9.17, 15) is 9.59 Å². The molecule has 0 bridgehead atoms. The number of aromatic nitrogens is 2. The first-order valence-corrected chi connectivity index (χ1v) is 11.3. The summed E-state index contributed by atoms with van der Waals surface area (Å²) >= 11 is 0. The number of fused-ring (bicyclic) bond motifs is 2. The number of imide groups is 1. The quantitative estimate of drug-likeness (QED) is 0.401. The predicted molar refractivity (Wildman–Crippen MR) is 133 cm³/mol.